The van der Waals surface area contributed by atoms with Crippen molar-refractivity contribution in [3.8, 4) is 5.88 Å². The molecule has 2 heterocycles. The maximum atomic E-state index is 13.3. The number of ether oxygens (including phenoxy) is 3. The average Bonchev–Trinajstić information content (AvgIpc) is 3.62. The number of esters is 1. The van der Waals surface area contributed by atoms with E-state index >= 15 is 0 Å². The summed E-state index contributed by atoms with van der Waals surface area (Å²) >= 11 is 0. The molecular weight excluding hydrogens is 514 g/mol. The fourth-order valence-electron chi connectivity index (χ4n) is 4.44. The number of carbonyl (C=O) groups excluding carboxylic acids is 2. The Morgan fingerprint density at radius 1 is 1.08 bits per heavy atom. The summed E-state index contributed by atoms with van der Waals surface area (Å²) in [6, 6.07) is 3.56. The minimum Gasteiger partial charge on any atom is -0.476 e. The van der Waals surface area contributed by atoms with Gasteiger partial charge in [-0.25, -0.2) is 9.78 Å². The average molecular weight is 564 g/mol. The van der Waals surface area contributed by atoms with Gasteiger partial charge in [0, 0.05) is 26.8 Å². The number of hydrogen-bond donors (Lipinski definition) is 1. The molecule has 0 spiro atoms. The molecule has 9 nitrogen and oxygen atoms in total. The van der Waals surface area contributed by atoms with Crippen LogP contribution in [0.4, 0.5) is 5.69 Å². The molecule has 1 aromatic heterocycles. The molecule has 2 atom stereocenters. The van der Waals surface area contributed by atoms with Gasteiger partial charge in [0.15, 0.2) is 8.32 Å². The molecule has 1 aliphatic heterocycles. The predicted molar refractivity (Wildman–Crippen MR) is 155 cm³/mol. The van der Waals surface area contributed by atoms with Crippen molar-refractivity contribution < 1.29 is 28.2 Å². The Labute approximate surface area is 235 Å². The minimum atomic E-state index is -1.78. The monoisotopic (exact) mass is 563 g/mol. The van der Waals surface area contributed by atoms with Crippen molar-refractivity contribution in [2.75, 3.05) is 44.9 Å². The fourth-order valence-corrected chi connectivity index (χ4v) is 5.51. The number of carbonyl (C=O) groups is 2. The van der Waals surface area contributed by atoms with Crippen LogP contribution in [0.2, 0.25) is 18.1 Å². The van der Waals surface area contributed by atoms with Crippen LogP contribution in [0.1, 0.15) is 71.3 Å². The number of nitrogens with zero attached hydrogens (tertiary/aromatic N) is 2. The van der Waals surface area contributed by atoms with Crippen molar-refractivity contribution in [3.63, 3.8) is 0 Å². The number of methoxy groups -OCH3 is 1. The molecule has 1 aliphatic carbocycles. The maximum absolute atomic E-state index is 13.3. The van der Waals surface area contributed by atoms with Crippen molar-refractivity contribution in [1.82, 2.24) is 10.3 Å². The van der Waals surface area contributed by atoms with Gasteiger partial charge in [0.2, 0.25) is 5.88 Å². The molecule has 1 saturated carbocycles. The second-order valence-corrected chi connectivity index (χ2v) is 17.2. The summed E-state index contributed by atoms with van der Waals surface area (Å²) in [7, 11) is -0.0747. The zero-order chi connectivity index (χ0) is 29.0. The molecule has 1 saturated heterocycles. The molecule has 2 aliphatic rings. The number of pyridine rings is 1. The van der Waals surface area contributed by atoms with E-state index in [-0.39, 0.29) is 23.4 Å². The summed E-state index contributed by atoms with van der Waals surface area (Å²) in [5.41, 5.74) is -0.0397. The lowest BCUT2D eigenvalue weighted by Crippen LogP contribution is -2.54. The molecule has 10 heteroatoms. The number of anilines is 1. The molecule has 0 bridgehead atoms. The molecule has 2 fully saturated rings. The first-order valence-corrected chi connectivity index (χ1v) is 17.3. The fraction of sp³-hybridized carbons (Fsp3) is 0.759. The Bertz CT molecular complexity index is 1000. The smallest absolute Gasteiger partial charge is 0.331 e. The molecule has 0 unspecified atom stereocenters. The summed E-state index contributed by atoms with van der Waals surface area (Å²) in [5.74, 6) is 0.468. The third-order valence-corrected chi connectivity index (χ3v) is 13.3. The topological polar surface area (TPSA) is 99.2 Å². The van der Waals surface area contributed by atoms with Gasteiger partial charge in [-0.1, -0.05) is 34.6 Å². The van der Waals surface area contributed by atoms with Crippen molar-refractivity contribution in [2.24, 2.45) is 11.8 Å². The van der Waals surface area contributed by atoms with Gasteiger partial charge in [0.05, 0.1) is 19.3 Å². The highest BCUT2D eigenvalue weighted by Crippen LogP contribution is 2.43. The molecule has 0 radical (unpaired) electrons. The van der Waals surface area contributed by atoms with Crippen molar-refractivity contribution >= 4 is 25.9 Å². The van der Waals surface area contributed by atoms with Crippen LogP contribution in [0.25, 0.3) is 0 Å². The SMILES string of the molecule is CCOC(=O)C(CC)(CC)NC(=O)c1ccc(N2CC(OC)C2)c(OC[C@@H]2C[C@H]2CO[Si](C)(C)C(C)(C)C)n1. The van der Waals surface area contributed by atoms with Crippen LogP contribution in [-0.4, -0.2) is 76.8 Å². The summed E-state index contributed by atoms with van der Waals surface area (Å²) in [4.78, 5) is 32.7. The number of aromatic nitrogens is 1. The third-order valence-electron chi connectivity index (χ3n) is 8.79. The van der Waals surface area contributed by atoms with Crippen LogP contribution in [0.5, 0.6) is 5.88 Å². The van der Waals surface area contributed by atoms with Crippen LogP contribution >= 0.6 is 0 Å². The molecule has 220 valence electrons. The van der Waals surface area contributed by atoms with E-state index in [1.165, 1.54) is 0 Å². The van der Waals surface area contributed by atoms with Crippen molar-refractivity contribution in [3.05, 3.63) is 17.8 Å². The van der Waals surface area contributed by atoms with E-state index in [0.717, 1.165) is 31.8 Å². The Hall–Kier alpha value is -2.17. The Kier molecular flexibility index (Phi) is 10.1. The number of hydrogen-bond acceptors (Lipinski definition) is 8. The van der Waals surface area contributed by atoms with Gasteiger partial charge >= 0.3 is 5.97 Å². The molecule has 1 amide bonds. The van der Waals surface area contributed by atoms with Crippen LogP contribution in [-0.2, 0) is 18.7 Å². The van der Waals surface area contributed by atoms with Crippen molar-refractivity contribution in [1.29, 1.82) is 0 Å². The van der Waals surface area contributed by atoms with E-state index in [9.17, 15) is 9.59 Å². The molecule has 3 rings (SSSR count). The van der Waals surface area contributed by atoms with Crippen LogP contribution in [0, 0.1) is 11.8 Å². The van der Waals surface area contributed by atoms with E-state index in [0.29, 0.717) is 37.2 Å². The summed E-state index contributed by atoms with van der Waals surface area (Å²) < 4.78 is 23.4. The second-order valence-electron chi connectivity index (χ2n) is 12.4. The van der Waals surface area contributed by atoms with Gasteiger partial charge in [-0.3, -0.25) is 4.79 Å². The Morgan fingerprint density at radius 2 is 1.72 bits per heavy atom. The Morgan fingerprint density at radius 3 is 2.28 bits per heavy atom. The minimum absolute atomic E-state index is 0.167. The van der Waals surface area contributed by atoms with Gasteiger partial charge in [-0.2, -0.15) is 0 Å². The van der Waals surface area contributed by atoms with E-state index in [1.54, 1.807) is 20.1 Å². The highest BCUT2D eigenvalue weighted by Gasteiger charge is 2.43. The van der Waals surface area contributed by atoms with Gasteiger partial charge in [-0.15, -0.1) is 0 Å². The summed E-state index contributed by atoms with van der Waals surface area (Å²) in [5, 5.41) is 3.09. The van der Waals surface area contributed by atoms with E-state index in [4.69, 9.17) is 18.6 Å². The Balaban J connectivity index is 1.71. The standard InChI is InChI=1S/C29H49N3O6Si/c1-10-29(11-2,27(34)36-12-3)31-25(33)23-13-14-24(32-16-22(17-32)35-7)26(30-23)37-18-20-15-21(20)19-38-39(8,9)28(4,5)6/h13-14,20-22H,10-12,15-19H2,1-9H3,(H,31,33)/t20-,21-/m0/s1. The highest BCUT2D eigenvalue weighted by atomic mass is 28.4. The van der Waals surface area contributed by atoms with E-state index in [2.05, 4.69) is 49.1 Å². The van der Waals surface area contributed by atoms with Gasteiger partial charge in [-0.05, 0) is 68.3 Å². The lowest BCUT2D eigenvalue weighted by Gasteiger charge is -2.40. The lowest BCUT2D eigenvalue weighted by atomic mass is 9.92. The largest absolute Gasteiger partial charge is 0.476 e. The second kappa shape index (κ2) is 12.6. The molecule has 1 aromatic rings. The highest BCUT2D eigenvalue weighted by molar-refractivity contribution is 6.74. The third kappa shape index (κ3) is 7.32. The summed E-state index contributed by atoms with van der Waals surface area (Å²) in [6.45, 7) is 19.8. The van der Waals surface area contributed by atoms with E-state index < -0.39 is 25.7 Å². The molecule has 0 aromatic carbocycles. The van der Waals surface area contributed by atoms with Gasteiger partial charge in [0.25, 0.3) is 5.91 Å². The van der Waals surface area contributed by atoms with Crippen LogP contribution < -0.4 is 15.0 Å². The van der Waals surface area contributed by atoms with Gasteiger partial charge < -0.3 is 28.9 Å². The number of nitrogens with one attached hydrogen (secondary N) is 1. The summed E-state index contributed by atoms with van der Waals surface area (Å²) in [6.07, 6.45) is 2.07. The first-order valence-electron chi connectivity index (χ1n) is 14.4. The zero-order valence-corrected chi connectivity index (χ0v) is 26.4. The van der Waals surface area contributed by atoms with Gasteiger partial charge in [0.1, 0.15) is 16.9 Å². The van der Waals surface area contributed by atoms with Crippen molar-refractivity contribution in [2.45, 2.75) is 90.6 Å². The maximum Gasteiger partial charge on any atom is 0.331 e. The number of amides is 1. The molecule has 1 N–H and O–H groups in total. The first kappa shape index (κ1) is 31.4. The first-order chi connectivity index (χ1) is 18.3. The number of rotatable bonds is 14. The quantitative estimate of drug-likeness (QED) is 0.254. The van der Waals surface area contributed by atoms with Crippen LogP contribution in [0.15, 0.2) is 12.1 Å². The molecular formula is C29H49N3O6Si. The van der Waals surface area contributed by atoms with Crippen LogP contribution in [0.3, 0.4) is 0 Å². The lowest BCUT2D eigenvalue weighted by molar-refractivity contribution is -0.151. The predicted octanol–water partition coefficient (Wildman–Crippen LogP) is 4.81. The zero-order valence-electron chi connectivity index (χ0n) is 25.4. The molecule has 39 heavy (non-hydrogen) atoms. The van der Waals surface area contributed by atoms with E-state index in [1.807, 2.05) is 19.9 Å². The normalized spacial score (nSPS) is 19.9.